The zero-order valence-electron chi connectivity index (χ0n) is 9.83. The number of halogens is 1. The Morgan fingerprint density at radius 1 is 1.20 bits per heavy atom. The van der Waals surface area contributed by atoms with Crippen molar-refractivity contribution in [2.75, 3.05) is 26.2 Å². The molecule has 3 nitrogen and oxygen atoms in total. The summed E-state index contributed by atoms with van der Waals surface area (Å²) in [4.78, 5) is 2.65. The van der Waals surface area contributed by atoms with E-state index in [9.17, 15) is 0 Å². The predicted octanol–water partition coefficient (Wildman–Crippen LogP) is 0.842. The molecule has 2 heterocycles. The van der Waals surface area contributed by atoms with Crippen LogP contribution in [0.3, 0.4) is 0 Å². The smallest absolute Gasteiger partial charge is 0.0345 e. The lowest BCUT2D eigenvalue weighted by Crippen LogP contribution is -2.60. The molecule has 2 aliphatic heterocycles. The van der Waals surface area contributed by atoms with Crippen molar-refractivity contribution in [2.45, 2.75) is 44.8 Å². The maximum absolute atomic E-state index is 3.63. The van der Waals surface area contributed by atoms with Crippen molar-refractivity contribution >= 4 is 12.4 Å². The maximum Gasteiger partial charge on any atom is 0.0345 e. The topological polar surface area (TPSA) is 27.3 Å². The lowest BCUT2D eigenvalue weighted by molar-refractivity contribution is 0.106. The molecular formula is C11H24ClN3. The van der Waals surface area contributed by atoms with E-state index in [2.05, 4.69) is 29.4 Å². The fraction of sp³-hybridized carbons (Fsp3) is 1.00. The average molecular weight is 234 g/mol. The van der Waals surface area contributed by atoms with Crippen molar-refractivity contribution in [3.63, 3.8) is 0 Å². The zero-order valence-corrected chi connectivity index (χ0v) is 10.6. The van der Waals surface area contributed by atoms with Gasteiger partial charge in [-0.3, -0.25) is 4.90 Å². The van der Waals surface area contributed by atoms with Gasteiger partial charge in [0.1, 0.15) is 0 Å². The van der Waals surface area contributed by atoms with Crippen molar-refractivity contribution in [2.24, 2.45) is 0 Å². The fourth-order valence-electron chi connectivity index (χ4n) is 2.43. The van der Waals surface area contributed by atoms with Crippen molar-refractivity contribution in [1.29, 1.82) is 0 Å². The molecule has 0 saturated carbocycles. The van der Waals surface area contributed by atoms with Gasteiger partial charge in [-0.05, 0) is 12.8 Å². The molecule has 0 aromatic rings. The quantitative estimate of drug-likeness (QED) is 0.757. The molecule has 0 atom stereocenters. The summed E-state index contributed by atoms with van der Waals surface area (Å²) < 4.78 is 0. The molecule has 15 heavy (non-hydrogen) atoms. The van der Waals surface area contributed by atoms with Gasteiger partial charge in [-0.1, -0.05) is 13.8 Å². The standard InChI is InChI=1S/C11H23N3.ClH/c1-9(2)13-10-3-5-14(6-4-10)11-7-12-8-11;/h9-13H,3-8H2,1-2H3;1H. The van der Waals surface area contributed by atoms with Gasteiger partial charge in [-0.25, -0.2) is 0 Å². The number of rotatable bonds is 3. The Bertz CT molecular complexity index is 175. The minimum atomic E-state index is 0. The average Bonchev–Trinajstić information content (AvgIpc) is 2.04. The molecule has 0 aromatic carbocycles. The Labute approximate surface area is 99.4 Å². The highest BCUT2D eigenvalue weighted by atomic mass is 35.5. The maximum atomic E-state index is 3.63. The summed E-state index contributed by atoms with van der Waals surface area (Å²) in [6.07, 6.45) is 2.66. The van der Waals surface area contributed by atoms with E-state index < -0.39 is 0 Å². The monoisotopic (exact) mass is 233 g/mol. The summed E-state index contributed by atoms with van der Waals surface area (Å²) in [6.45, 7) is 9.47. The van der Waals surface area contributed by atoms with E-state index in [-0.39, 0.29) is 12.4 Å². The van der Waals surface area contributed by atoms with Gasteiger partial charge >= 0.3 is 0 Å². The first-order chi connectivity index (χ1) is 6.75. The van der Waals surface area contributed by atoms with E-state index in [0.29, 0.717) is 6.04 Å². The van der Waals surface area contributed by atoms with Crippen LogP contribution in [-0.4, -0.2) is 49.2 Å². The van der Waals surface area contributed by atoms with Gasteiger partial charge in [-0.15, -0.1) is 12.4 Å². The predicted molar refractivity (Wildman–Crippen MR) is 66.8 cm³/mol. The molecule has 2 rings (SSSR count). The molecule has 2 aliphatic rings. The van der Waals surface area contributed by atoms with E-state index in [1.54, 1.807) is 0 Å². The van der Waals surface area contributed by atoms with Crippen LogP contribution < -0.4 is 10.6 Å². The van der Waals surface area contributed by atoms with Crippen LogP contribution in [0.2, 0.25) is 0 Å². The summed E-state index contributed by atoms with van der Waals surface area (Å²) in [6, 6.07) is 2.24. The molecule has 2 fully saturated rings. The minimum Gasteiger partial charge on any atom is -0.314 e. The van der Waals surface area contributed by atoms with Crippen LogP contribution in [0.25, 0.3) is 0 Å². The number of likely N-dealkylation sites (tertiary alicyclic amines) is 1. The Kier molecular flexibility index (Phi) is 5.33. The van der Waals surface area contributed by atoms with Gasteiger partial charge in [0.25, 0.3) is 0 Å². The molecule has 4 heteroatoms. The molecule has 0 bridgehead atoms. The molecule has 0 amide bonds. The van der Waals surface area contributed by atoms with Crippen LogP contribution in [0.15, 0.2) is 0 Å². The molecule has 0 aliphatic carbocycles. The molecular weight excluding hydrogens is 210 g/mol. The molecule has 90 valence electrons. The van der Waals surface area contributed by atoms with E-state index in [0.717, 1.165) is 12.1 Å². The minimum absolute atomic E-state index is 0. The second-order valence-electron chi connectivity index (χ2n) is 4.94. The third-order valence-electron chi connectivity index (χ3n) is 3.37. The van der Waals surface area contributed by atoms with Crippen molar-refractivity contribution in [1.82, 2.24) is 15.5 Å². The van der Waals surface area contributed by atoms with Gasteiger partial charge < -0.3 is 10.6 Å². The Morgan fingerprint density at radius 3 is 2.20 bits per heavy atom. The van der Waals surface area contributed by atoms with Crippen molar-refractivity contribution in [3.05, 3.63) is 0 Å². The Morgan fingerprint density at radius 2 is 1.80 bits per heavy atom. The van der Waals surface area contributed by atoms with Gasteiger partial charge in [-0.2, -0.15) is 0 Å². The summed E-state index contributed by atoms with van der Waals surface area (Å²) in [7, 11) is 0. The van der Waals surface area contributed by atoms with Crippen LogP contribution in [0.1, 0.15) is 26.7 Å². The summed E-state index contributed by atoms with van der Waals surface area (Å²) in [5, 5.41) is 6.98. The number of hydrogen-bond donors (Lipinski definition) is 2. The molecule has 0 aromatic heterocycles. The van der Waals surface area contributed by atoms with Gasteiger partial charge in [0.2, 0.25) is 0 Å². The van der Waals surface area contributed by atoms with E-state index in [1.807, 2.05) is 0 Å². The first kappa shape index (κ1) is 13.2. The SMILES string of the molecule is CC(C)NC1CCN(C2CNC2)CC1.Cl. The second-order valence-corrected chi connectivity index (χ2v) is 4.94. The molecule has 0 spiro atoms. The first-order valence-corrected chi connectivity index (χ1v) is 5.96. The lowest BCUT2D eigenvalue weighted by Gasteiger charge is -2.42. The highest BCUT2D eigenvalue weighted by Gasteiger charge is 2.28. The third-order valence-corrected chi connectivity index (χ3v) is 3.37. The number of nitrogens with one attached hydrogen (secondary N) is 2. The highest BCUT2D eigenvalue weighted by Crippen LogP contribution is 2.15. The largest absolute Gasteiger partial charge is 0.314 e. The van der Waals surface area contributed by atoms with Crippen LogP contribution in [0, 0.1) is 0 Å². The molecule has 0 unspecified atom stereocenters. The van der Waals surface area contributed by atoms with Gasteiger partial charge in [0.15, 0.2) is 0 Å². The number of piperidine rings is 1. The van der Waals surface area contributed by atoms with Gasteiger partial charge in [0.05, 0.1) is 0 Å². The summed E-state index contributed by atoms with van der Waals surface area (Å²) in [5.74, 6) is 0. The van der Waals surface area contributed by atoms with E-state index in [1.165, 1.54) is 39.0 Å². The van der Waals surface area contributed by atoms with Crippen LogP contribution in [-0.2, 0) is 0 Å². The Hall–Kier alpha value is 0.170. The highest BCUT2D eigenvalue weighted by molar-refractivity contribution is 5.85. The van der Waals surface area contributed by atoms with Crippen LogP contribution in [0.5, 0.6) is 0 Å². The number of hydrogen-bond acceptors (Lipinski definition) is 3. The zero-order chi connectivity index (χ0) is 9.97. The molecule has 2 saturated heterocycles. The summed E-state index contributed by atoms with van der Waals surface area (Å²) >= 11 is 0. The Balaban J connectivity index is 0.00000112. The van der Waals surface area contributed by atoms with Crippen molar-refractivity contribution in [3.8, 4) is 0 Å². The lowest BCUT2D eigenvalue weighted by atomic mass is 10.0. The third kappa shape index (κ3) is 3.59. The molecule has 0 radical (unpaired) electrons. The van der Waals surface area contributed by atoms with Crippen molar-refractivity contribution < 1.29 is 0 Å². The fourth-order valence-corrected chi connectivity index (χ4v) is 2.43. The summed E-state index contributed by atoms with van der Waals surface area (Å²) in [5.41, 5.74) is 0. The number of nitrogens with zero attached hydrogens (tertiary/aromatic N) is 1. The molecule has 2 N–H and O–H groups in total. The van der Waals surface area contributed by atoms with Crippen LogP contribution in [0.4, 0.5) is 0 Å². The van der Waals surface area contributed by atoms with E-state index in [4.69, 9.17) is 0 Å². The second kappa shape index (κ2) is 6.04. The van der Waals surface area contributed by atoms with Gasteiger partial charge in [0, 0.05) is 44.3 Å². The van der Waals surface area contributed by atoms with Crippen LogP contribution >= 0.6 is 12.4 Å². The first-order valence-electron chi connectivity index (χ1n) is 5.96. The normalized spacial score (nSPS) is 25.0. The van der Waals surface area contributed by atoms with E-state index >= 15 is 0 Å².